The maximum atomic E-state index is 5.42. The molecule has 0 atom stereocenters. The summed E-state index contributed by atoms with van der Waals surface area (Å²) in [5, 5.41) is 0. The second-order valence-corrected chi connectivity index (χ2v) is 4.99. The smallest absolute Gasteiger partial charge is 0.159 e. The molecular formula is C14H22N2O2. The van der Waals surface area contributed by atoms with Gasteiger partial charge in [-0.1, -0.05) is 19.9 Å². The van der Waals surface area contributed by atoms with Crippen LogP contribution in [0.4, 0.5) is 5.82 Å². The number of hydrogen-bond acceptors (Lipinski definition) is 4. The van der Waals surface area contributed by atoms with Gasteiger partial charge in [0, 0.05) is 26.2 Å². The molecule has 1 aliphatic heterocycles. The zero-order chi connectivity index (χ0) is 13.0. The van der Waals surface area contributed by atoms with Crippen molar-refractivity contribution in [2.24, 2.45) is 0 Å². The predicted molar refractivity (Wildman–Crippen MR) is 71.9 cm³/mol. The normalized spacial score (nSPS) is 16.4. The summed E-state index contributed by atoms with van der Waals surface area (Å²) in [4.78, 5) is 6.62. The Hall–Kier alpha value is -1.13. The molecule has 1 aromatic heterocycles. The number of anilines is 1. The van der Waals surface area contributed by atoms with E-state index in [4.69, 9.17) is 9.47 Å². The zero-order valence-electron chi connectivity index (χ0n) is 11.4. The fraction of sp³-hybridized carbons (Fsp3) is 0.643. The van der Waals surface area contributed by atoms with Crippen molar-refractivity contribution in [2.75, 3.05) is 31.7 Å². The molecule has 4 nitrogen and oxygen atoms in total. The van der Waals surface area contributed by atoms with Crippen molar-refractivity contribution in [2.45, 2.75) is 32.5 Å². The summed E-state index contributed by atoms with van der Waals surface area (Å²) in [7, 11) is 2.05. The van der Waals surface area contributed by atoms with E-state index in [1.165, 1.54) is 5.56 Å². The van der Waals surface area contributed by atoms with Gasteiger partial charge in [0.05, 0.1) is 13.2 Å². The number of pyridine rings is 1. The van der Waals surface area contributed by atoms with E-state index in [1.54, 1.807) is 0 Å². The number of ether oxygens (including phenoxy) is 2. The van der Waals surface area contributed by atoms with Crippen molar-refractivity contribution in [3.63, 3.8) is 0 Å². The van der Waals surface area contributed by atoms with Crippen LogP contribution in [0, 0.1) is 0 Å². The van der Waals surface area contributed by atoms with Crippen LogP contribution in [-0.4, -0.2) is 38.1 Å². The lowest BCUT2D eigenvalue weighted by molar-refractivity contribution is -0.0447. The predicted octanol–water partition coefficient (Wildman–Crippen LogP) is 2.40. The molecule has 1 saturated heterocycles. The summed E-state index contributed by atoms with van der Waals surface area (Å²) in [5.41, 5.74) is 1.27. The van der Waals surface area contributed by atoms with Crippen molar-refractivity contribution >= 4 is 5.82 Å². The topological polar surface area (TPSA) is 34.6 Å². The maximum absolute atomic E-state index is 5.42. The number of nitrogens with zero attached hydrogens (tertiary/aromatic N) is 2. The van der Waals surface area contributed by atoms with Gasteiger partial charge in [-0.2, -0.15) is 0 Å². The number of hydrogen-bond donors (Lipinski definition) is 0. The minimum atomic E-state index is -0.0395. The van der Waals surface area contributed by atoms with Crippen molar-refractivity contribution < 1.29 is 9.47 Å². The summed E-state index contributed by atoms with van der Waals surface area (Å²) in [6.45, 7) is 6.68. The highest BCUT2D eigenvalue weighted by atomic mass is 16.7. The van der Waals surface area contributed by atoms with E-state index in [1.807, 2.05) is 13.2 Å². The third kappa shape index (κ3) is 3.43. The Morgan fingerprint density at radius 3 is 2.61 bits per heavy atom. The van der Waals surface area contributed by atoms with Crippen LogP contribution in [0.25, 0.3) is 0 Å². The molecule has 0 N–H and O–H groups in total. The van der Waals surface area contributed by atoms with Crippen LogP contribution in [-0.2, 0) is 9.47 Å². The highest BCUT2D eigenvalue weighted by molar-refractivity contribution is 5.38. The summed E-state index contributed by atoms with van der Waals surface area (Å²) in [5.74, 6) is 1.52. The Kier molecular flexibility index (Phi) is 4.55. The number of aromatic nitrogens is 1. The quantitative estimate of drug-likeness (QED) is 0.803. The second kappa shape index (κ2) is 6.16. The van der Waals surface area contributed by atoms with Crippen molar-refractivity contribution in [1.82, 2.24) is 4.98 Å². The third-order valence-corrected chi connectivity index (χ3v) is 3.22. The molecule has 2 rings (SSSR count). The van der Waals surface area contributed by atoms with Gasteiger partial charge in [0.15, 0.2) is 6.29 Å². The van der Waals surface area contributed by atoms with Crippen LogP contribution in [0.5, 0.6) is 0 Å². The van der Waals surface area contributed by atoms with E-state index in [2.05, 4.69) is 35.9 Å². The van der Waals surface area contributed by atoms with E-state index in [0.29, 0.717) is 5.92 Å². The first-order chi connectivity index (χ1) is 8.66. The lowest BCUT2D eigenvalue weighted by Gasteiger charge is -2.20. The Labute approximate surface area is 109 Å². The van der Waals surface area contributed by atoms with Gasteiger partial charge in [0.2, 0.25) is 0 Å². The average molecular weight is 250 g/mol. The van der Waals surface area contributed by atoms with Gasteiger partial charge in [0.1, 0.15) is 5.82 Å². The molecule has 0 radical (unpaired) electrons. The maximum Gasteiger partial charge on any atom is 0.159 e. The lowest BCUT2D eigenvalue weighted by Crippen LogP contribution is -2.24. The Morgan fingerprint density at radius 1 is 1.33 bits per heavy atom. The van der Waals surface area contributed by atoms with Crippen LogP contribution in [0.2, 0.25) is 0 Å². The van der Waals surface area contributed by atoms with E-state index in [-0.39, 0.29) is 6.29 Å². The van der Waals surface area contributed by atoms with Gasteiger partial charge in [-0.05, 0) is 17.5 Å². The van der Waals surface area contributed by atoms with Crippen molar-refractivity contribution in [3.05, 3.63) is 23.9 Å². The molecular weight excluding hydrogens is 228 g/mol. The summed E-state index contributed by atoms with van der Waals surface area (Å²) in [6, 6.07) is 4.22. The Balaban J connectivity index is 1.85. The number of rotatable bonds is 5. The zero-order valence-corrected chi connectivity index (χ0v) is 11.4. The summed E-state index contributed by atoms with van der Waals surface area (Å²) < 4.78 is 10.8. The third-order valence-electron chi connectivity index (χ3n) is 3.22. The largest absolute Gasteiger partial charge is 0.359 e. The lowest BCUT2D eigenvalue weighted by atomic mass is 10.1. The monoisotopic (exact) mass is 250 g/mol. The van der Waals surface area contributed by atoms with Gasteiger partial charge in [-0.3, -0.25) is 0 Å². The highest BCUT2D eigenvalue weighted by Gasteiger charge is 2.16. The van der Waals surface area contributed by atoms with Crippen LogP contribution in [0.15, 0.2) is 18.3 Å². The van der Waals surface area contributed by atoms with E-state index in [9.17, 15) is 0 Å². The molecule has 100 valence electrons. The fourth-order valence-corrected chi connectivity index (χ4v) is 1.95. The summed E-state index contributed by atoms with van der Waals surface area (Å²) >= 11 is 0. The molecule has 0 amide bonds. The average Bonchev–Trinajstić information content (AvgIpc) is 2.89. The van der Waals surface area contributed by atoms with Crippen LogP contribution < -0.4 is 4.90 Å². The van der Waals surface area contributed by atoms with Crippen LogP contribution >= 0.6 is 0 Å². The van der Waals surface area contributed by atoms with Gasteiger partial charge >= 0.3 is 0 Å². The summed E-state index contributed by atoms with van der Waals surface area (Å²) in [6.07, 6.45) is 2.80. The standard InChI is InChI=1S/C14H22N2O2/c1-11(2)12-4-5-13(15-10-12)16(3)7-6-14-17-8-9-18-14/h4-5,10-11,14H,6-9H2,1-3H3. The van der Waals surface area contributed by atoms with Gasteiger partial charge < -0.3 is 14.4 Å². The minimum Gasteiger partial charge on any atom is -0.359 e. The van der Waals surface area contributed by atoms with Crippen molar-refractivity contribution in [1.29, 1.82) is 0 Å². The Bertz CT molecular complexity index is 359. The molecule has 1 aromatic rings. The highest BCUT2D eigenvalue weighted by Crippen LogP contribution is 2.17. The minimum absolute atomic E-state index is 0.0395. The molecule has 0 aliphatic carbocycles. The van der Waals surface area contributed by atoms with Gasteiger partial charge in [-0.15, -0.1) is 0 Å². The molecule has 0 aromatic carbocycles. The van der Waals surface area contributed by atoms with E-state index >= 15 is 0 Å². The van der Waals surface area contributed by atoms with E-state index < -0.39 is 0 Å². The first kappa shape index (κ1) is 13.3. The fourth-order valence-electron chi connectivity index (χ4n) is 1.95. The molecule has 0 spiro atoms. The molecule has 0 unspecified atom stereocenters. The van der Waals surface area contributed by atoms with Crippen molar-refractivity contribution in [3.8, 4) is 0 Å². The van der Waals surface area contributed by atoms with Crippen LogP contribution in [0.3, 0.4) is 0 Å². The molecule has 4 heteroatoms. The molecule has 18 heavy (non-hydrogen) atoms. The molecule has 1 fully saturated rings. The van der Waals surface area contributed by atoms with E-state index in [0.717, 1.165) is 32.0 Å². The van der Waals surface area contributed by atoms with Gasteiger partial charge in [-0.25, -0.2) is 4.98 Å². The van der Waals surface area contributed by atoms with Crippen LogP contribution in [0.1, 0.15) is 31.7 Å². The molecule has 2 heterocycles. The molecule has 0 bridgehead atoms. The van der Waals surface area contributed by atoms with Gasteiger partial charge in [0.25, 0.3) is 0 Å². The first-order valence-corrected chi connectivity index (χ1v) is 6.57. The second-order valence-electron chi connectivity index (χ2n) is 4.99. The molecule has 0 saturated carbocycles. The molecule has 1 aliphatic rings. The SMILES string of the molecule is CC(C)c1ccc(N(C)CCC2OCCO2)nc1. The Morgan fingerprint density at radius 2 is 2.06 bits per heavy atom. The first-order valence-electron chi connectivity index (χ1n) is 6.57.